The first-order valence-electron chi connectivity index (χ1n) is 5.42. The van der Waals surface area contributed by atoms with E-state index in [1.54, 1.807) is 6.92 Å². The van der Waals surface area contributed by atoms with Crippen molar-refractivity contribution in [1.29, 1.82) is 0 Å². The fourth-order valence-corrected chi connectivity index (χ4v) is 1.47. The molecule has 1 rings (SSSR count). The zero-order valence-electron chi connectivity index (χ0n) is 10.4. The second kappa shape index (κ2) is 5.43. The molecule has 0 aliphatic rings. The molecule has 0 aliphatic heterocycles. The first-order valence-corrected chi connectivity index (χ1v) is 5.42. The number of aromatic nitrogens is 2. The molecule has 1 aromatic rings. The number of hydrogen-bond acceptors (Lipinski definition) is 4. The van der Waals surface area contributed by atoms with E-state index in [1.807, 2.05) is 18.7 Å². The van der Waals surface area contributed by atoms with Gasteiger partial charge in [0.05, 0.1) is 11.3 Å². The number of carboxylic acid groups (broad SMARTS) is 1. The average Bonchev–Trinajstić information content (AvgIpc) is 2.24. The predicted molar refractivity (Wildman–Crippen MR) is 66.4 cm³/mol. The Bertz CT molecular complexity index is 443. The molecule has 0 bridgehead atoms. The molecule has 0 aromatic carbocycles. The fourth-order valence-electron chi connectivity index (χ4n) is 1.47. The van der Waals surface area contributed by atoms with E-state index >= 15 is 0 Å². The molecule has 1 heterocycles. The maximum absolute atomic E-state index is 10.8. The van der Waals surface area contributed by atoms with Crippen molar-refractivity contribution in [1.82, 2.24) is 9.97 Å². The van der Waals surface area contributed by atoms with E-state index in [-0.39, 0.29) is 5.56 Å². The number of carbonyl (C=O) groups is 1. The van der Waals surface area contributed by atoms with E-state index in [1.165, 1.54) is 6.20 Å². The van der Waals surface area contributed by atoms with Crippen molar-refractivity contribution >= 4 is 11.9 Å². The molecule has 0 spiro atoms. The van der Waals surface area contributed by atoms with Crippen LogP contribution in [0.3, 0.4) is 0 Å². The van der Waals surface area contributed by atoms with E-state index in [4.69, 9.17) is 5.11 Å². The summed E-state index contributed by atoms with van der Waals surface area (Å²) in [6.07, 6.45) is 1.35. The molecule has 92 valence electrons. The molecule has 5 nitrogen and oxygen atoms in total. The van der Waals surface area contributed by atoms with E-state index < -0.39 is 5.97 Å². The molecule has 0 saturated carbocycles. The Labute approximate surface area is 101 Å². The van der Waals surface area contributed by atoms with E-state index in [2.05, 4.69) is 16.5 Å². The number of aromatic carboxylic acids is 1. The van der Waals surface area contributed by atoms with Gasteiger partial charge in [-0.3, -0.25) is 0 Å². The minimum atomic E-state index is -1.00. The molecule has 17 heavy (non-hydrogen) atoms. The number of anilines is 1. The molecule has 0 unspecified atom stereocenters. The summed E-state index contributed by atoms with van der Waals surface area (Å²) in [5.74, 6) is -0.463. The normalized spacial score (nSPS) is 10.1. The van der Waals surface area contributed by atoms with Crippen LogP contribution in [0.25, 0.3) is 0 Å². The molecule has 1 N–H and O–H groups in total. The highest BCUT2D eigenvalue weighted by Gasteiger charge is 2.13. The number of nitrogens with zero attached hydrogens (tertiary/aromatic N) is 3. The van der Waals surface area contributed by atoms with Gasteiger partial charge in [-0.05, 0) is 20.8 Å². The summed E-state index contributed by atoms with van der Waals surface area (Å²) in [6.45, 7) is 10.9. The van der Waals surface area contributed by atoms with Crippen LogP contribution in [0.2, 0.25) is 0 Å². The lowest BCUT2D eigenvalue weighted by Crippen LogP contribution is -2.27. The average molecular weight is 235 g/mol. The maximum atomic E-state index is 10.8. The van der Waals surface area contributed by atoms with Gasteiger partial charge in [-0.2, -0.15) is 0 Å². The van der Waals surface area contributed by atoms with E-state index in [0.29, 0.717) is 18.2 Å². The van der Waals surface area contributed by atoms with Gasteiger partial charge in [0.1, 0.15) is 0 Å². The van der Waals surface area contributed by atoms with Crippen LogP contribution >= 0.6 is 0 Å². The number of hydrogen-bond donors (Lipinski definition) is 1. The summed E-state index contributed by atoms with van der Waals surface area (Å²) in [5, 5.41) is 8.89. The highest BCUT2D eigenvalue weighted by atomic mass is 16.4. The third kappa shape index (κ3) is 3.27. The van der Waals surface area contributed by atoms with Crippen LogP contribution in [0.15, 0.2) is 18.3 Å². The Kier molecular flexibility index (Phi) is 4.20. The molecular formula is C12H17N3O2. The summed E-state index contributed by atoms with van der Waals surface area (Å²) < 4.78 is 0. The van der Waals surface area contributed by atoms with Crippen LogP contribution in [-0.4, -0.2) is 34.1 Å². The van der Waals surface area contributed by atoms with Crippen LogP contribution in [0.5, 0.6) is 0 Å². The Morgan fingerprint density at radius 1 is 1.59 bits per heavy atom. The maximum Gasteiger partial charge on any atom is 0.339 e. The lowest BCUT2D eigenvalue weighted by Gasteiger charge is -2.21. The van der Waals surface area contributed by atoms with Gasteiger partial charge in [-0.15, -0.1) is 0 Å². The van der Waals surface area contributed by atoms with Crippen LogP contribution in [0.4, 0.5) is 5.95 Å². The minimum absolute atomic E-state index is 0.139. The lowest BCUT2D eigenvalue weighted by atomic mass is 10.2. The molecule has 5 heteroatoms. The van der Waals surface area contributed by atoms with Gasteiger partial charge in [0.2, 0.25) is 5.95 Å². The van der Waals surface area contributed by atoms with Gasteiger partial charge in [0.15, 0.2) is 0 Å². The van der Waals surface area contributed by atoms with Crippen molar-refractivity contribution in [2.75, 3.05) is 18.0 Å². The first kappa shape index (κ1) is 13.2. The Morgan fingerprint density at radius 3 is 2.65 bits per heavy atom. The van der Waals surface area contributed by atoms with Crippen LogP contribution < -0.4 is 4.90 Å². The van der Waals surface area contributed by atoms with Gasteiger partial charge >= 0.3 is 5.97 Å². The zero-order chi connectivity index (χ0) is 13.0. The third-order valence-corrected chi connectivity index (χ3v) is 2.32. The smallest absolute Gasteiger partial charge is 0.339 e. The van der Waals surface area contributed by atoms with Crippen molar-refractivity contribution in [3.8, 4) is 0 Å². The highest BCUT2D eigenvalue weighted by Crippen LogP contribution is 2.12. The topological polar surface area (TPSA) is 66.3 Å². The molecule has 0 amide bonds. The van der Waals surface area contributed by atoms with Crippen LogP contribution in [-0.2, 0) is 0 Å². The minimum Gasteiger partial charge on any atom is -0.478 e. The number of carboxylic acids is 1. The Morgan fingerprint density at radius 2 is 2.24 bits per heavy atom. The van der Waals surface area contributed by atoms with Crippen molar-refractivity contribution in [2.45, 2.75) is 20.8 Å². The summed E-state index contributed by atoms with van der Waals surface area (Å²) in [5.41, 5.74) is 1.62. The standard InChI is InChI=1S/C12H17N3O2/c1-5-15(7-8(2)3)12-13-6-10(11(16)17)9(4)14-12/h6H,2,5,7H2,1,3-4H3,(H,16,17). The largest absolute Gasteiger partial charge is 0.478 e. The number of rotatable bonds is 5. The molecular weight excluding hydrogens is 218 g/mol. The Hall–Kier alpha value is -1.91. The van der Waals surface area contributed by atoms with Crippen molar-refractivity contribution < 1.29 is 9.90 Å². The van der Waals surface area contributed by atoms with Gasteiger partial charge < -0.3 is 10.0 Å². The van der Waals surface area contributed by atoms with Crippen LogP contribution in [0, 0.1) is 6.92 Å². The summed E-state index contributed by atoms with van der Waals surface area (Å²) in [6, 6.07) is 0. The molecule has 0 aliphatic carbocycles. The summed E-state index contributed by atoms with van der Waals surface area (Å²) >= 11 is 0. The first-order chi connectivity index (χ1) is 7.95. The Balaban J connectivity index is 3.02. The lowest BCUT2D eigenvalue weighted by molar-refractivity contribution is 0.0695. The molecule has 1 aromatic heterocycles. The quantitative estimate of drug-likeness (QED) is 0.789. The fraction of sp³-hybridized carbons (Fsp3) is 0.417. The van der Waals surface area contributed by atoms with Gasteiger partial charge in [-0.1, -0.05) is 12.2 Å². The van der Waals surface area contributed by atoms with Crippen molar-refractivity contribution in [2.24, 2.45) is 0 Å². The second-order valence-electron chi connectivity index (χ2n) is 3.95. The molecule has 0 atom stereocenters. The predicted octanol–water partition coefficient (Wildman–Crippen LogP) is 1.89. The summed E-state index contributed by atoms with van der Waals surface area (Å²) in [4.78, 5) is 21.1. The van der Waals surface area contributed by atoms with Crippen LogP contribution in [0.1, 0.15) is 29.9 Å². The number of aryl methyl sites for hydroxylation is 1. The van der Waals surface area contributed by atoms with Crippen molar-refractivity contribution in [3.05, 3.63) is 29.6 Å². The second-order valence-corrected chi connectivity index (χ2v) is 3.95. The molecule has 0 fully saturated rings. The molecule has 0 saturated heterocycles. The van der Waals surface area contributed by atoms with E-state index in [0.717, 1.165) is 12.1 Å². The SMILES string of the molecule is C=C(C)CN(CC)c1ncc(C(=O)O)c(C)n1. The zero-order valence-corrected chi connectivity index (χ0v) is 10.4. The molecule has 0 radical (unpaired) electrons. The third-order valence-electron chi connectivity index (χ3n) is 2.32. The van der Waals surface area contributed by atoms with Gasteiger partial charge in [-0.25, -0.2) is 14.8 Å². The monoisotopic (exact) mass is 235 g/mol. The summed E-state index contributed by atoms with van der Waals surface area (Å²) in [7, 11) is 0. The van der Waals surface area contributed by atoms with Gasteiger partial charge in [0, 0.05) is 19.3 Å². The highest BCUT2D eigenvalue weighted by molar-refractivity contribution is 5.88. The number of likely N-dealkylation sites (N-methyl/N-ethyl adjacent to an activating group) is 1. The van der Waals surface area contributed by atoms with E-state index in [9.17, 15) is 4.79 Å². The van der Waals surface area contributed by atoms with Crippen molar-refractivity contribution in [3.63, 3.8) is 0 Å². The van der Waals surface area contributed by atoms with Gasteiger partial charge in [0.25, 0.3) is 0 Å².